The Hall–Kier alpha value is -1.51. The molecule has 3 heteroatoms. The van der Waals surface area contributed by atoms with Gasteiger partial charge in [0.2, 0.25) is 0 Å². The highest BCUT2D eigenvalue weighted by Gasteiger charge is 2.11. The molecule has 1 N–H and O–H groups in total. The SMILES string of the molecule is CNCc1ccc(Cl)cc1Oc1c(C)ccc(C)c1C. The van der Waals surface area contributed by atoms with E-state index < -0.39 is 0 Å². The molecule has 0 radical (unpaired) electrons. The van der Waals surface area contributed by atoms with Gasteiger partial charge in [-0.1, -0.05) is 29.8 Å². The Balaban J connectivity index is 2.44. The highest BCUT2D eigenvalue weighted by Crippen LogP contribution is 2.33. The van der Waals surface area contributed by atoms with Crippen molar-refractivity contribution in [3.8, 4) is 11.5 Å². The quantitative estimate of drug-likeness (QED) is 0.875. The first-order chi connectivity index (χ1) is 9.52. The minimum Gasteiger partial charge on any atom is -0.456 e. The van der Waals surface area contributed by atoms with Gasteiger partial charge in [0.15, 0.2) is 0 Å². The molecule has 2 aromatic carbocycles. The molecule has 0 unspecified atom stereocenters. The summed E-state index contributed by atoms with van der Waals surface area (Å²) >= 11 is 6.09. The first kappa shape index (κ1) is 14.9. The summed E-state index contributed by atoms with van der Waals surface area (Å²) in [5, 5.41) is 3.83. The van der Waals surface area contributed by atoms with Crippen LogP contribution < -0.4 is 10.1 Å². The van der Waals surface area contributed by atoms with Gasteiger partial charge in [-0.05, 0) is 56.6 Å². The van der Waals surface area contributed by atoms with Gasteiger partial charge >= 0.3 is 0 Å². The molecule has 0 aliphatic carbocycles. The van der Waals surface area contributed by atoms with Gasteiger partial charge in [-0.2, -0.15) is 0 Å². The molecule has 2 nitrogen and oxygen atoms in total. The highest BCUT2D eigenvalue weighted by molar-refractivity contribution is 6.30. The predicted molar refractivity (Wildman–Crippen MR) is 84.9 cm³/mol. The van der Waals surface area contributed by atoms with Crippen molar-refractivity contribution in [3.63, 3.8) is 0 Å². The molecule has 0 bridgehead atoms. The van der Waals surface area contributed by atoms with Crippen LogP contribution in [-0.2, 0) is 6.54 Å². The third kappa shape index (κ3) is 3.14. The fourth-order valence-electron chi connectivity index (χ4n) is 2.15. The molecule has 0 saturated carbocycles. The molecule has 0 heterocycles. The van der Waals surface area contributed by atoms with Gasteiger partial charge in [0.05, 0.1) is 0 Å². The molecular formula is C17H20ClNO. The summed E-state index contributed by atoms with van der Waals surface area (Å²) in [5.41, 5.74) is 4.61. The van der Waals surface area contributed by atoms with Crippen molar-refractivity contribution < 1.29 is 4.74 Å². The lowest BCUT2D eigenvalue weighted by Gasteiger charge is -2.16. The van der Waals surface area contributed by atoms with Crippen molar-refractivity contribution in [3.05, 3.63) is 57.6 Å². The fourth-order valence-corrected chi connectivity index (χ4v) is 2.31. The van der Waals surface area contributed by atoms with Crippen LogP contribution in [-0.4, -0.2) is 7.05 Å². The Morgan fingerprint density at radius 3 is 2.45 bits per heavy atom. The lowest BCUT2D eigenvalue weighted by atomic mass is 10.1. The molecule has 0 aliphatic rings. The predicted octanol–water partition coefficient (Wildman–Crippen LogP) is 4.78. The first-order valence-electron chi connectivity index (χ1n) is 6.70. The minimum absolute atomic E-state index is 0.683. The van der Waals surface area contributed by atoms with Crippen LogP contribution >= 0.6 is 11.6 Å². The van der Waals surface area contributed by atoms with Gasteiger partial charge in [0, 0.05) is 17.1 Å². The number of ether oxygens (including phenoxy) is 1. The van der Waals surface area contributed by atoms with Crippen molar-refractivity contribution in [2.45, 2.75) is 27.3 Å². The van der Waals surface area contributed by atoms with Gasteiger partial charge in [0.1, 0.15) is 11.5 Å². The standard InChI is InChI=1S/C17H20ClNO/c1-11-5-6-12(2)17(13(11)3)20-16-9-15(18)8-7-14(16)10-19-4/h5-9,19H,10H2,1-4H3. The fraction of sp³-hybridized carbons (Fsp3) is 0.294. The monoisotopic (exact) mass is 289 g/mol. The molecular weight excluding hydrogens is 270 g/mol. The van der Waals surface area contributed by atoms with Gasteiger partial charge < -0.3 is 10.1 Å². The van der Waals surface area contributed by atoms with Gasteiger partial charge in [-0.3, -0.25) is 0 Å². The molecule has 106 valence electrons. The van der Waals surface area contributed by atoms with E-state index in [9.17, 15) is 0 Å². The molecule has 0 atom stereocenters. The Bertz CT molecular complexity index is 623. The highest BCUT2D eigenvalue weighted by atomic mass is 35.5. The Morgan fingerprint density at radius 1 is 1.05 bits per heavy atom. The molecule has 0 amide bonds. The maximum absolute atomic E-state index is 6.16. The molecule has 2 rings (SSSR count). The number of halogens is 1. The molecule has 2 aromatic rings. The zero-order chi connectivity index (χ0) is 14.7. The normalized spacial score (nSPS) is 10.7. The maximum Gasteiger partial charge on any atom is 0.133 e. The van der Waals surface area contributed by atoms with Crippen LogP contribution in [0.2, 0.25) is 5.02 Å². The van der Waals surface area contributed by atoms with Crippen molar-refractivity contribution in [2.75, 3.05) is 7.05 Å². The summed E-state index contributed by atoms with van der Waals surface area (Å²) in [6.45, 7) is 6.98. The average molecular weight is 290 g/mol. The van der Waals surface area contributed by atoms with Gasteiger partial charge in [0.25, 0.3) is 0 Å². The van der Waals surface area contributed by atoms with Crippen molar-refractivity contribution in [1.82, 2.24) is 5.32 Å². The summed E-state index contributed by atoms with van der Waals surface area (Å²) in [5.74, 6) is 1.73. The zero-order valence-electron chi connectivity index (χ0n) is 12.4. The van der Waals surface area contributed by atoms with E-state index in [2.05, 4.69) is 38.2 Å². The number of aryl methyl sites for hydroxylation is 2. The number of hydrogen-bond donors (Lipinski definition) is 1. The van der Waals surface area contributed by atoms with Gasteiger partial charge in [-0.15, -0.1) is 0 Å². The van der Waals surface area contributed by atoms with Crippen LogP contribution in [0.1, 0.15) is 22.3 Å². The van der Waals surface area contributed by atoms with Crippen LogP contribution in [0.25, 0.3) is 0 Å². The summed E-state index contributed by atoms with van der Waals surface area (Å²) in [6, 6.07) is 9.95. The third-order valence-corrected chi connectivity index (χ3v) is 3.72. The van der Waals surface area contributed by atoms with Crippen LogP contribution in [0.15, 0.2) is 30.3 Å². The maximum atomic E-state index is 6.16. The first-order valence-corrected chi connectivity index (χ1v) is 7.08. The summed E-state index contributed by atoms with van der Waals surface area (Å²) in [4.78, 5) is 0. The summed E-state index contributed by atoms with van der Waals surface area (Å²) in [6.07, 6.45) is 0. The van der Waals surface area contributed by atoms with E-state index in [-0.39, 0.29) is 0 Å². The number of benzene rings is 2. The van der Waals surface area contributed by atoms with Crippen LogP contribution in [0, 0.1) is 20.8 Å². The van der Waals surface area contributed by atoms with Gasteiger partial charge in [-0.25, -0.2) is 0 Å². The van der Waals surface area contributed by atoms with Crippen LogP contribution in [0.4, 0.5) is 0 Å². The van der Waals surface area contributed by atoms with E-state index in [1.165, 1.54) is 11.1 Å². The Morgan fingerprint density at radius 2 is 1.75 bits per heavy atom. The minimum atomic E-state index is 0.683. The summed E-state index contributed by atoms with van der Waals surface area (Å²) < 4.78 is 6.16. The van der Waals surface area contributed by atoms with E-state index in [4.69, 9.17) is 16.3 Å². The second kappa shape index (κ2) is 6.29. The van der Waals surface area contributed by atoms with E-state index in [1.807, 2.05) is 25.2 Å². The summed E-state index contributed by atoms with van der Waals surface area (Å²) in [7, 11) is 1.92. The lowest BCUT2D eigenvalue weighted by molar-refractivity contribution is 0.466. The van der Waals surface area contributed by atoms with Crippen LogP contribution in [0.3, 0.4) is 0 Å². The Labute approximate surface area is 125 Å². The van der Waals surface area contributed by atoms with E-state index in [0.717, 1.165) is 29.2 Å². The topological polar surface area (TPSA) is 21.3 Å². The molecule has 0 aromatic heterocycles. The van der Waals surface area contributed by atoms with E-state index in [1.54, 1.807) is 0 Å². The number of hydrogen-bond acceptors (Lipinski definition) is 2. The van der Waals surface area contributed by atoms with Crippen molar-refractivity contribution in [1.29, 1.82) is 0 Å². The number of nitrogens with one attached hydrogen (secondary N) is 1. The second-order valence-corrected chi connectivity index (χ2v) is 5.47. The average Bonchev–Trinajstić information content (AvgIpc) is 2.42. The van der Waals surface area contributed by atoms with E-state index >= 15 is 0 Å². The second-order valence-electron chi connectivity index (χ2n) is 5.04. The van der Waals surface area contributed by atoms with Crippen molar-refractivity contribution >= 4 is 11.6 Å². The molecule has 0 fully saturated rings. The largest absolute Gasteiger partial charge is 0.456 e. The Kier molecular flexibility index (Phi) is 4.69. The van der Waals surface area contributed by atoms with Crippen LogP contribution in [0.5, 0.6) is 11.5 Å². The molecule has 0 spiro atoms. The molecule has 0 aliphatic heterocycles. The molecule has 0 saturated heterocycles. The van der Waals surface area contributed by atoms with Crippen molar-refractivity contribution in [2.24, 2.45) is 0 Å². The molecule has 20 heavy (non-hydrogen) atoms. The van der Waals surface area contributed by atoms with E-state index in [0.29, 0.717) is 5.02 Å². The zero-order valence-corrected chi connectivity index (χ0v) is 13.1. The third-order valence-electron chi connectivity index (χ3n) is 3.48. The lowest BCUT2D eigenvalue weighted by Crippen LogP contribution is -2.06. The smallest absolute Gasteiger partial charge is 0.133 e. The number of rotatable bonds is 4.